The predicted molar refractivity (Wildman–Crippen MR) is 107 cm³/mol. The number of benzene rings is 2. The van der Waals surface area contributed by atoms with Gasteiger partial charge in [-0.05, 0) is 36.2 Å². The summed E-state index contributed by atoms with van der Waals surface area (Å²) in [6, 6.07) is 10.3. The van der Waals surface area contributed by atoms with E-state index < -0.39 is 11.9 Å². The first-order valence-corrected chi connectivity index (χ1v) is 8.88. The number of methoxy groups -OCH3 is 4. The van der Waals surface area contributed by atoms with Crippen LogP contribution in [0.3, 0.4) is 0 Å². The van der Waals surface area contributed by atoms with E-state index in [4.69, 9.17) is 23.7 Å². The van der Waals surface area contributed by atoms with Crippen molar-refractivity contribution >= 4 is 17.6 Å². The fourth-order valence-electron chi connectivity index (χ4n) is 2.59. The lowest BCUT2D eigenvalue weighted by Gasteiger charge is -2.11. The van der Waals surface area contributed by atoms with Gasteiger partial charge in [0.25, 0.3) is 5.91 Å². The molecule has 0 saturated heterocycles. The summed E-state index contributed by atoms with van der Waals surface area (Å²) in [5.41, 5.74) is 1.38. The molecule has 8 nitrogen and oxygen atoms in total. The van der Waals surface area contributed by atoms with Crippen molar-refractivity contribution in [3.63, 3.8) is 0 Å². The Labute approximate surface area is 169 Å². The van der Waals surface area contributed by atoms with Crippen molar-refractivity contribution in [2.45, 2.75) is 12.8 Å². The Bertz CT molecular complexity index is 829. The third kappa shape index (κ3) is 6.60. The van der Waals surface area contributed by atoms with Gasteiger partial charge in [0.05, 0.1) is 28.4 Å². The molecular formula is C21H25NO7. The Balaban J connectivity index is 1.82. The Morgan fingerprint density at radius 1 is 0.828 bits per heavy atom. The van der Waals surface area contributed by atoms with Crippen LogP contribution in [0.2, 0.25) is 0 Å². The third-order valence-corrected chi connectivity index (χ3v) is 4.06. The summed E-state index contributed by atoms with van der Waals surface area (Å²) in [5, 5.41) is 2.64. The lowest BCUT2D eigenvalue weighted by molar-refractivity contribution is -0.147. The van der Waals surface area contributed by atoms with Gasteiger partial charge >= 0.3 is 5.97 Å². The summed E-state index contributed by atoms with van der Waals surface area (Å²) in [6.07, 6.45) is 0.559. The summed E-state index contributed by atoms with van der Waals surface area (Å²) in [6.45, 7) is -0.380. The van der Waals surface area contributed by atoms with Gasteiger partial charge in [0, 0.05) is 24.2 Å². The molecule has 0 radical (unpaired) electrons. The van der Waals surface area contributed by atoms with Gasteiger partial charge in [0.15, 0.2) is 18.1 Å². The molecule has 2 aromatic rings. The summed E-state index contributed by atoms with van der Waals surface area (Å²) in [4.78, 5) is 24.0. The standard InChI is InChI=1S/C21H25NO7/c1-25-16-9-14(10-17(12-16)26-2)5-8-21(24)29-13-20(23)22-15-6-7-18(27-3)19(11-15)28-4/h6-7,9-12H,5,8,13H2,1-4H3,(H,22,23). The topological polar surface area (TPSA) is 92.3 Å². The largest absolute Gasteiger partial charge is 0.497 e. The van der Waals surface area contributed by atoms with E-state index in [1.807, 2.05) is 12.1 Å². The number of hydrogen-bond acceptors (Lipinski definition) is 7. The number of esters is 1. The van der Waals surface area contributed by atoms with Crippen LogP contribution in [0.4, 0.5) is 5.69 Å². The van der Waals surface area contributed by atoms with Crippen molar-refractivity contribution in [2.24, 2.45) is 0 Å². The van der Waals surface area contributed by atoms with E-state index in [2.05, 4.69) is 5.32 Å². The summed E-state index contributed by atoms with van der Waals surface area (Å²) in [5.74, 6) is 1.38. The number of aryl methyl sites for hydroxylation is 1. The minimum absolute atomic E-state index is 0.125. The van der Waals surface area contributed by atoms with Crippen LogP contribution in [0.5, 0.6) is 23.0 Å². The van der Waals surface area contributed by atoms with Crippen LogP contribution in [-0.2, 0) is 20.7 Å². The highest BCUT2D eigenvalue weighted by molar-refractivity contribution is 5.93. The van der Waals surface area contributed by atoms with Crippen molar-refractivity contribution in [3.05, 3.63) is 42.0 Å². The monoisotopic (exact) mass is 403 g/mol. The molecule has 0 aliphatic rings. The van der Waals surface area contributed by atoms with E-state index in [0.29, 0.717) is 35.1 Å². The van der Waals surface area contributed by atoms with Crippen LogP contribution < -0.4 is 24.3 Å². The van der Waals surface area contributed by atoms with Gasteiger partial charge in [-0.25, -0.2) is 0 Å². The molecule has 1 amide bonds. The number of hydrogen-bond donors (Lipinski definition) is 1. The third-order valence-electron chi connectivity index (χ3n) is 4.06. The molecule has 0 aliphatic heterocycles. The molecule has 0 unspecified atom stereocenters. The second-order valence-electron chi connectivity index (χ2n) is 6.00. The average molecular weight is 403 g/mol. The van der Waals surface area contributed by atoms with Crippen molar-refractivity contribution in [3.8, 4) is 23.0 Å². The molecule has 0 saturated carbocycles. The number of nitrogens with one attached hydrogen (secondary N) is 1. The molecule has 0 heterocycles. The molecule has 0 atom stereocenters. The number of rotatable bonds is 10. The zero-order valence-corrected chi connectivity index (χ0v) is 16.9. The van der Waals surface area contributed by atoms with Crippen molar-refractivity contribution < 1.29 is 33.3 Å². The Kier molecular flexibility index (Phi) is 8.14. The number of amides is 1. The van der Waals surface area contributed by atoms with E-state index in [-0.39, 0.29) is 13.0 Å². The molecule has 0 aliphatic carbocycles. The number of anilines is 1. The van der Waals surface area contributed by atoms with Crippen LogP contribution in [0.1, 0.15) is 12.0 Å². The molecule has 8 heteroatoms. The molecule has 29 heavy (non-hydrogen) atoms. The smallest absolute Gasteiger partial charge is 0.306 e. The molecule has 0 spiro atoms. The van der Waals surface area contributed by atoms with E-state index >= 15 is 0 Å². The van der Waals surface area contributed by atoms with Crippen LogP contribution in [0.15, 0.2) is 36.4 Å². The second-order valence-corrected chi connectivity index (χ2v) is 6.00. The highest BCUT2D eigenvalue weighted by atomic mass is 16.5. The molecule has 0 aromatic heterocycles. The fourth-order valence-corrected chi connectivity index (χ4v) is 2.59. The van der Waals surface area contributed by atoms with Crippen molar-refractivity contribution in [1.29, 1.82) is 0 Å². The van der Waals surface area contributed by atoms with E-state index in [9.17, 15) is 9.59 Å². The summed E-state index contributed by atoms with van der Waals surface area (Å²) < 4.78 is 25.8. The first-order valence-electron chi connectivity index (χ1n) is 8.88. The maximum absolute atomic E-state index is 12.0. The van der Waals surface area contributed by atoms with Gasteiger partial charge in [0.2, 0.25) is 0 Å². The lowest BCUT2D eigenvalue weighted by atomic mass is 10.1. The zero-order valence-electron chi connectivity index (χ0n) is 16.9. The minimum atomic E-state index is -0.478. The average Bonchev–Trinajstić information content (AvgIpc) is 2.75. The summed E-state index contributed by atoms with van der Waals surface area (Å²) >= 11 is 0. The van der Waals surface area contributed by atoms with Gasteiger partial charge in [-0.2, -0.15) is 0 Å². The number of ether oxygens (including phenoxy) is 5. The van der Waals surface area contributed by atoms with Crippen LogP contribution in [-0.4, -0.2) is 46.9 Å². The van der Waals surface area contributed by atoms with Crippen molar-refractivity contribution in [2.75, 3.05) is 40.4 Å². The van der Waals surface area contributed by atoms with Crippen LogP contribution in [0, 0.1) is 0 Å². The van der Waals surface area contributed by atoms with Gasteiger partial charge in [-0.3, -0.25) is 9.59 Å². The molecule has 0 fully saturated rings. The SMILES string of the molecule is COc1cc(CCC(=O)OCC(=O)Nc2ccc(OC)c(OC)c2)cc(OC)c1. The van der Waals surface area contributed by atoms with Gasteiger partial charge < -0.3 is 29.0 Å². The van der Waals surface area contributed by atoms with Gasteiger partial charge in [-0.1, -0.05) is 0 Å². The minimum Gasteiger partial charge on any atom is -0.497 e. The van der Waals surface area contributed by atoms with Crippen LogP contribution >= 0.6 is 0 Å². The Morgan fingerprint density at radius 2 is 1.48 bits per heavy atom. The predicted octanol–water partition coefficient (Wildman–Crippen LogP) is 2.84. The van der Waals surface area contributed by atoms with E-state index in [1.165, 1.54) is 14.2 Å². The number of carbonyl (C=O) groups is 2. The summed E-state index contributed by atoms with van der Waals surface area (Å²) in [7, 11) is 6.15. The van der Waals surface area contributed by atoms with E-state index in [0.717, 1.165) is 5.56 Å². The molecule has 0 bridgehead atoms. The van der Waals surface area contributed by atoms with Crippen molar-refractivity contribution in [1.82, 2.24) is 0 Å². The normalized spacial score (nSPS) is 10.1. The maximum atomic E-state index is 12.0. The second kappa shape index (κ2) is 10.8. The van der Waals surface area contributed by atoms with Gasteiger partial charge in [-0.15, -0.1) is 0 Å². The Hall–Kier alpha value is -3.42. The maximum Gasteiger partial charge on any atom is 0.306 e. The molecule has 1 N–H and O–H groups in total. The fraction of sp³-hybridized carbons (Fsp3) is 0.333. The van der Waals surface area contributed by atoms with Gasteiger partial charge in [0.1, 0.15) is 11.5 Å². The highest BCUT2D eigenvalue weighted by Gasteiger charge is 2.11. The lowest BCUT2D eigenvalue weighted by Crippen LogP contribution is -2.21. The number of carbonyl (C=O) groups excluding carboxylic acids is 2. The van der Waals surface area contributed by atoms with E-state index in [1.54, 1.807) is 38.5 Å². The molecule has 2 rings (SSSR count). The quantitative estimate of drug-likeness (QED) is 0.610. The first kappa shape index (κ1) is 21.9. The van der Waals surface area contributed by atoms with Crippen LogP contribution in [0.25, 0.3) is 0 Å². The molecule has 156 valence electrons. The molecular weight excluding hydrogens is 378 g/mol. The Morgan fingerprint density at radius 3 is 2.07 bits per heavy atom. The molecule has 2 aromatic carbocycles. The zero-order chi connectivity index (χ0) is 21.2. The first-order chi connectivity index (χ1) is 14.0. The highest BCUT2D eigenvalue weighted by Crippen LogP contribution is 2.29.